The van der Waals surface area contributed by atoms with Crippen LogP contribution in [0.2, 0.25) is 0 Å². The molecule has 2 aromatic rings. The molecule has 2 aliphatic rings. The number of rotatable bonds is 5. The van der Waals surface area contributed by atoms with Crippen LogP contribution in [0.3, 0.4) is 0 Å². The molecule has 0 radical (unpaired) electrons. The number of anilines is 2. The van der Waals surface area contributed by atoms with Crippen molar-refractivity contribution in [3.8, 4) is 0 Å². The van der Waals surface area contributed by atoms with E-state index in [1.165, 1.54) is 5.56 Å². The van der Waals surface area contributed by atoms with Crippen molar-refractivity contribution in [2.45, 2.75) is 13.5 Å². The molecule has 0 aromatic carbocycles. The van der Waals surface area contributed by atoms with Gasteiger partial charge in [-0.3, -0.25) is 0 Å². The van der Waals surface area contributed by atoms with Gasteiger partial charge in [0.2, 0.25) is 0 Å². The van der Waals surface area contributed by atoms with E-state index in [-0.39, 0.29) is 0 Å². The van der Waals surface area contributed by atoms with Crippen LogP contribution in [0.15, 0.2) is 47.7 Å². The Hall–Kier alpha value is -2.87. The molecule has 31 heavy (non-hydrogen) atoms. The van der Waals surface area contributed by atoms with E-state index in [4.69, 9.17) is 9.98 Å². The Morgan fingerprint density at radius 2 is 1.65 bits per heavy atom. The van der Waals surface area contributed by atoms with Crippen LogP contribution < -0.4 is 15.1 Å². The molecule has 2 aromatic heterocycles. The van der Waals surface area contributed by atoms with Crippen molar-refractivity contribution in [1.82, 2.24) is 25.1 Å². The topological polar surface area (TPSA) is 63.1 Å². The standard InChI is InChI=1S/C23H34N8/c1-3-24-23(31-17-15-29(16-18-31)21-8-4-5-9-25-21)27-19-20-7-6-10-26-22(20)30-13-11-28(2)12-14-30/h4-10H,3,11-19H2,1-2H3,(H,24,27). The maximum Gasteiger partial charge on any atom is 0.194 e. The first-order valence-corrected chi connectivity index (χ1v) is 11.3. The monoisotopic (exact) mass is 422 g/mol. The molecule has 166 valence electrons. The molecular formula is C23H34N8. The fourth-order valence-electron chi connectivity index (χ4n) is 4.13. The van der Waals surface area contributed by atoms with Gasteiger partial charge in [-0.2, -0.15) is 0 Å². The number of nitrogens with zero attached hydrogens (tertiary/aromatic N) is 7. The molecule has 0 unspecified atom stereocenters. The van der Waals surface area contributed by atoms with Gasteiger partial charge >= 0.3 is 0 Å². The van der Waals surface area contributed by atoms with Crippen LogP contribution in [0.25, 0.3) is 0 Å². The van der Waals surface area contributed by atoms with Gasteiger partial charge in [-0.25, -0.2) is 15.0 Å². The van der Waals surface area contributed by atoms with E-state index in [0.29, 0.717) is 6.54 Å². The molecule has 0 amide bonds. The first-order chi connectivity index (χ1) is 15.2. The zero-order valence-corrected chi connectivity index (χ0v) is 18.7. The molecule has 2 aliphatic heterocycles. The summed E-state index contributed by atoms with van der Waals surface area (Å²) in [5.74, 6) is 3.11. The number of nitrogens with one attached hydrogen (secondary N) is 1. The number of likely N-dealkylation sites (N-methyl/N-ethyl adjacent to an activating group) is 1. The van der Waals surface area contributed by atoms with Crippen LogP contribution in [0.5, 0.6) is 0 Å². The Morgan fingerprint density at radius 3 is 2.35 bits per heavy atom. The van der Waals surface area contributed by atoms with E-state index in [2.05, 4.69) is 56.0 Å². The number of hydrogen-bond donors (Lipinski definition) is 1. The van der Waals surface area contributed by atoms with Gasteiger partial charge in [0.05, 0.1) is 6.54 Å². The van der Waals surface area contributed by atoms with Crippen LogP contribution in [0.1, 0.15) is 12.5 Å². The highest BCUT2D eigenvalue weighted by Gasteiger charge is 2.21. The van der Waals surface area contributed by atoms with Crippen LogP contribution in [-0.4, -0.2) is 91.7 Å². The quantitative estimate of drug-likeness (QED) is 0.579. The fraction of sp³-hybridized carbons (Fsp3) is 0.522. The number of aromatic nitrogens is 2. The molecule has 0 saturated carbocycles. The second-order valence-electron chi connectivity index (χ2n) is 8.11. The van der Waals surface area contributed by atoms with Gasteiger partial charge in [0.15, 0.2) is 5.96 Å². The minimum Gasteiger partial charge on any atom is -0.357 e. The summed E-state index contributed by atoms with van der Waals surface area (Å²) < 4.78 is 0. The summed E-state index contributed by atoms with van der Waals surface area (Å²) in [5.41, 5.74) is 1.19. The molecule has 0 aliphatic carbocycles. The third-order valence-corrected chi connectivity index (χ3v) is 5.96. The number of aliphatic imine (C=N–C) groups is 1. The summed E-state index contributed by atoms with van der Waals surface area (Å²) in [4.78, 5) is 23.6. The van der Waals surface area contributed by atoms with Crippen LogP contribution >= 0.6 is 0 Å². The molecule has 0 atom stereocenters. The predicted octanol–water partition coefficient (Wildman–Crippen LogP) is 1.52. The molecule has 2 saturated heterocycles. The lowest BCUT2D eigenvalue weighted by atomic mass is 10.2. The van der Waals surface area contributed by atoms with Crippen molar-refractivity contribution in [2.75, 3.05) is 75.8 Å². The van der Waals surface area contributed by atoms with Crippen molar-refractivity contribution in [3.63, 3.8) is 0 Å². The number of hydrogen-bond acceptors (Lipinski definition) is 6. The van der Waals surface area contributed by atoms with Crippen molar-refractivity contribution in [3.05, 3.63) is 48.3 Å². The smallest absolute Gasteiger partial charge is 0.194 e. The summed E-state index contributed by atoms with van der Waals surface area (Å²) in [6.45, 7) is 11.5. The van der Waals surface area contributed by atoms with Crippen LogP contribution in [-0.2, 0) is 6.54 Å². The van der Waals surface area contributed by atoms with Gasteiger partial charge in [-0.05, 0) is 32.2 Å². The highest BCUT2D eigenvalue weighted by atomic mass is 15.4. The van der Waals surface area contributed by atoms with Crippen LogP contribution in [0, 0.1) is 0 Å². The lowest BCUT2D eigenvalue weighted by molar-refractivity contribution is 0.312. The Morgan fingerprint density at radius 1 is 0.903 bits per heavy atom. The van der Waals surface area contributed by atoms with Gasteiger partial charge in [-0.15, -0.1) is 0 Å². The summed E-state index contributed by atoms with van der Waals surface area (Å²) in [7, 11) is 2.18. The fourth-order valence-corrected chi connectivity index (χ4v) is 4.13. The number of pyridine rings is 2. The Balaban J connectivity index is 1.42. The lowest BCUT2D eigenvalue weighted by Crippen LogP contribution is -2.52. The summed E-state index contributed by atoms with van der Waals surface area (Å²) in [6.07, 6.45) is 3.75. The van der Waals surface area contributed by atoms with Crippen molar-refractivity contribution >= 4 is 17.6 Å². The third kappa shape index (κ3) is 5.44. The van der Waals surface area contributed by atoms with E-state index in [9.17, 15) is 0 Å². The average Bonchev–Trinajstić information content (AvgIpc) is 2.83. The summed E-state index contributed by atoms with van der Waals surface area (Å²) in [6, 6.07) is 10.3. The van der Waals surface area contributed by atoms with Crippen molar-refractivity contribution in [2.24, 2.45) is 4.99 Å². The molecule has 8 heteroatoms. The number of guanidine groups is 1. The number of piperazine rings is 2. The van der Waals surface area contributed by atoms with E-state index >= 15 is 0 Å². The Bertz CT molecular complexity index is 840. The van der Waals surface area contributed by atoms with Crippen LogP contribution in [0.4, 0.5) is 11.6 Å². The minimum absolute atomic E-state index is 0.637. The highest BCUT2D eigenvalue weighted by molar-refractivity contribution is 5.80. The molecule has 0 bridgehead atoms. The SMILES string of the molecule is CCNC(=NCc1cccnc1N1CCN(C)CC1)N1CCN(c2ccccn2)CC1. The average molecular weight is 423 g/mol. The predicted molar refractivity (Wildman–Crippen MR) is 127 cm³/mol. The molecule has 2 fully saturated rings. The molecular weight excluding hydrogens is 388 g/mol. The zero-order chi connectivity index (χ0) is 21.5. The normalized spacial score (nSPS) is 18.4. The summed E-state index contributed by atoms with van der Waals surface area (Å²) >= 11 is 0. The molecule has 4 rings (SSSR count). The molecule has 8 nitrogen and oxygen atoms in total. The lowest BCUT2D eigenvalue weighted by Gasteiger charge is -2.37. The maximum absolute atomic E-state index is 5.00. The molecule has 1 N–H and O–H groups in total. The van der Waals surface area contributed by atoms with Crippen molar-refractivity contribution < 1.29 is 0 Å². The van der Waals surface area contributed by atoms with E-state index < -0.39 is 0 Å². The van der Waals surface area contributed by atoms with Gasteiger partial charge in [0.1, 0.15) is 11.6 Å². The van der Waals surface area contributed by atoms with Crippen molar-refractivity contribution in [1.29, 1.82) is 0 Å². The zero-order valence-electron chi connectivity index (χ0n) is 18.7. The Labute approximate surface area is 185 Å². The van der Waals surface area contributed by atoms with E-state index in [1.54, 1.807) is 0 Å². The largest absolute Gasteiger partial charge is 0.357 e. The Kier molecular flexibility index (Phi) is 7.19. The second kappa shape index (κ2) is 10.4. The first-order valence-electron chi connectivity index (χ1n) is 11.3. The van der Waals surface area contributed by atoms with Gasteiger partial charge in [0, 0.05) is 76.9 Å². The maximum atomic E-state index is 5.00. The van der Waals surface area contributed by atoms with Gasteiger partial charge < -0.3 is 24.9 Å². The highest BCUT2D eigenvalue weighted by Crippen LogP contribution is 2.20. The molecule has 4 heterocycles. The summed E-state index contributed by atoms with van der Waals surface area (Å²) in [5, 5.41) is 3.48. The van der Waals surface area contributed by atoms with E-state index in [0.717, 1.165) is 76.5 Å². The van der Waals surface area contributed by atoms with Gasteiger partial charge in [-0.1, -0.05) is 12.1 Å². The van der Waals surface area contributed by atoms with E-state index in [1.807, 2.05) is 30.6 Å². The van der Waals surface area contributed by atoms with Gasteiger partial charge in [0.25, 0.3) is 0 Å². The first kappa shape index (κ1) is 21.4. The molecule has 0 spiro atoms. The second-order valence-corrected chi connectivity index (χ2v) is 8.11. The minimum atomic E-state index is 0.637. The third-order valence-electron chi connectivity index (χ3n) is 5.96.